The Hall–Kier alpha value is -4.17. The molecule has 0 nitrogen and oxygen atoms in total. The zero-order chi connectivity index (χ0) is 31.0. The topological polar surface area (TPSA) is 0 Å². The molecule has 6 aromatic rings. The summed E-state index contributed by atoms with van der Waals surface area (Å²) >= 11 is 8.38. The summed E-state index contributed by atoms with van der Waals surface area (Å²) < 4.78 is 0. The van der Waals surface area contributed by atoms with E-state index < -0.39 is 7.38 Å². The molecule has 0 atom stereocenters. The molecule has 0 bridgehead atoms. The van der Waals surface area contributed by atoms with Crippen molar-refractivity contribution < 1.29 is 0 Å². The molecular weight excluding hydrogens is 568 g/mol. The van der Waals surface area contributed by atoms with Gasteiger partial charge >= 0.3 is 0 Å². The third-order valence-corrected chi connectivity index (χ3v) is 14.8. The van der Waals surface area contributed by atoms with Crippen LogP contribution < -0.4 is 15.6 Å². The number of aryl methyl sites for hydroxylation is 6. The van der Waals surface area contributed by atoms with Crippen molar-refractivity contribution in [3.8, 4) is 33.4 Å². The highest BCUT2D eigenvalue weighted by Crippen LogP contribution is 2.31. The molecular formula is C42H39ClSi. The van der Waals surface area contributed by atoms with Gasteiger partial charge in [-0.15, -0.1) is 11.1 Å². The smallest absolute Gasteiger partial charge is 0.149 e. The lowest BCUT2D eigenvalue weighted by Crippen LogP contribution is -2.65. The number of hydrogen-bond acceptors (Lipinski definition) is 0. The van der Waals surface area contributed by atoms with Crippen molar-refractivity contribution in [2.24, 2.45) is 0 Å². The van der Waals surface area contributed by atoms with Gasteiger partial charge in [-0.1, -0.05) is 127 Å². The molecule has 0 amide bonds. The van der Waals surface area contributed by atoms with E-state index in [1.807, 2.05) is 0 Å². The molecule has 0 radical (unpaired) electrons. The van der Waals surface area contributed by atoms with Crippen molar-refractivity contribution in [2.45, 2.75) is 41.5 Å². The third kappa shape index (κ3) is 5.36. The van der Waals surface area contributed by atoms with Gasteiger partial charge in [-0.2, -0.15) is 0 Å². The Balaban J connectivity index is 1.62. The second kappa shape index (κ2) is 12.1. The molecule has 6 rings (SSSR count). The summed E-state index contributed by atoms with van der Waals surface area (Å²) in [6, 6.07) is 46.3. The first-order valence-corrected chi connectivity index (χ1v) is 18.4. The largest absolute Gasteiger partial charge is 0.248 e. The van der Waals surface area contributed by atoms with E-state index in [0.29, 0.717) is 0 Å². The van der Waals surface area contributed by atoms with Crippen molar-refractivity contribution in [1.82, 2.24) is 0 Å². The van der Waals surface area contributed by atoms with Crippen molar-refractivity contribution in [1.29, 1.82) is 0 Å². The number of halogens is 1. The molecule has 0 N–H and O–H groups in total. The van der Waals surface area contributed by atoms with E-state index in [0.717, 1.165) is 0 Å². The molecule has 2 heteroatoms. The minimum absolute atomic E-state index is 1.24. The summed E-state index contributed by atoms with van der Waals surface area (Å²) in [5, 5.41) is 3.80. The fourth-order valence-corrected chi connectivity index (χ4v) is 12.6. The SMILES string of the molecule is Cc1cc([Si](Cl)(c2cc(C)c(-c3ccccc3)cc2C)c2cc(C)c(-c3ccccc3)cc2C)c(C)cc1-c1ccccc1. The van der Waals surface area contributed by atoms with Crippen LogP contribution in [0.1, 0.15) is 33.4 Å². The van der Waals surface area contributed by atoms with Gasteiger partial charge in [-0.05, 0) is 124 Å². The second-order valence-electron chi connectivity index (χ2n) is 12.2. The predicted molar refractivity (Wildman–Crippen MR) is 195 cm³/mol. The molecule has 0 unspecified atom stereocenters. The maximum absolute atomic E-state index is 8.38. The monoisotopic (exact) mass is 606 g/mol. The first-order valence-electron chi connectivity index (χ1n) is 15.4. The lowest BCUT2D eigenvalue weighted by molar-refractivity contribution is 1.39. The van der Waals surface area contributed by atoms with E-state index in [1.165, 1.54) is 82.3 Å². The van der Waals surface area contributed by atoms with E-state index in [2.05, 4.69) is 169 Å². The van der Waals surface area contributed by atoms with Crippen LogP contribution in [-0.4, -0.2) is 7.38 Å². The van der Waals surface area contributed by atoms with Crippen molar-refractivity contribution in [3.05, 3.63) is 161 Å². The van der Waals surface area contributed by atoms with Crippen molar-refractivity contribution >= 4 is 34.0 Å². The van der Waals surface area contributed by atoms with Crippen LogP contribution in [0.15, 0.2) is 127 Å². The van der Waals surface area contributed by atoms with Gasteiger partial charge in [0.15, 0.2) is 0 Å². The Morgan fingerprint density at radius 3 is 0.841 bits per heavy atom. The first-order chi connectivity index (χ1) is 21.2. The minimum Gasteiger partial charge on any atom is -0.149 e. The Bertz CT molecular complexity index is 1730. The third-order valence-electron chi connectivity index (χ3n) is 9.08. The molecule has 0 fully saturated rings. The number of hydrogen-bond donors (Lipinski definition) is 0. The van der Waals surface area contributed by atoms with Crippen LogP contribution in [-0.2, 0) is 0 Å². The van der Waals surface area contributed by atoms with Crippen LogP contribution in [0, 0.1) is 41.5 Å². The fourth-order valence-electron chi connectivity index (χ4n) is 6.78. The molecule has 6 aromatic carbocycles. The molecule has 0 saturated heterocycles. The highest BCUT2D eigenvalue weighted by atomic mass is 35.6. The van der Waals surface area contributed by atoms with Gasteiger partial charge < -0.3 is 0 Å². The predicted octanol–water partition coefficient (Wildman–Crippen LogP) is 9.74. The van der Waals surface area contributed by atoms with Gasteiger partial charge in [-0.25, -0.2) is 0 Å². The van der Waals surface area contributed by atoms with Crippen LogP contribution in [0.25, 0.3) is 33.4 Å². The lowest BCUT2D eigenvalue weighted by atomic mass is 9.98. The average molecular weight is 607 g/mol. The Labute approximate surface area is 268 Å². The van der Waals surface area contributed by atoms with Gasteiger partial charge in [-0.3, -0.25) is 0 Å². The van der Waals surface area contributed by atoms with E-state index in [9.17, 15) is 0 Å². The molecule has 0 aromatic heterocycles. The molecule has 0 heterocycles. The minimum atomic E-state index is -3.00. The van der Waals surface area contributed by atoms with E-state index in [1.54, 1.807) is 0 Å². The highest BCUT2D eigenvalue weighted by molar-refractivity contribution is 7.40. The maximum atomic E-state index is 8.38. The normalized spacial score (nSPS) is 11.5. The van der Waals surface area contributed by atoms with Gasteiger partial charge in [0.2, 0.25) is 7.38 Å². The van der Waals surface area contributed by atoms with Crippen LogP contribution in [0.3, 0.4) is 0 Å². The summed E-state index contributed by atoms with van der Waals surface area (Å²) in [4.78, 5) is 0. The Morgan fingerprint density at radius 1 is 0.341 bits per heavy atom. The van der Waals surface area contributed by atoms with Gasteiger partial charge in [0.1, 0.15) is 0 Å². The van der Waals surface area contributed by atoms with Gasteiger partial charge in [0.25, 0.3) is 0 Å². The molecule has 0 aliphatic heterocycles. The zero-order valence-corrected chi connectivity index (χ0v) is 28.3. The molecule has 0 saturated carbocycles. The van der Waals surface area contributed by atoms with E-state index >= 15 is 0 Å². The molecule has 44 heavy (non-hydrogen) atoms. The fraction of sp³-hybridized carbons (Fsp3) is 0.143. The summed E-state index contributed by atoms with van der Waals surface area (Å²) in [6.07, 6.45) is 0. The van der Waals surface area contributed by atoms with Crippen LogP contribution in [0.4, 0.5) is 0 Å². The number of rotatable bonds is 6. The van der Waals surface area contributed by atoms with Crippen molar-refractivity contribution in [3.63, 3.8) is 0 Å². The van der Waals surface area contributed by atoms with Gasteiger partial charge in [0.05, 0.1) is 0 Å². The summed E-state index contributed by atoms with van der Waals surface area (Å²) in [6.45, 7) is 13.4. The molecule has 0 aliphatic carbocycles. The van der Waals surface area contributed by atoms with Crippen LogP contribution >= 0.6 is 11.1 Å². The zero-order valence-electron chi connectivity index (χ0n) is 26.5. The first kappa shape index (κ1) is 29.9. The number of benzene rings is 6. The van der Waals surface area contributed by atoms with Crippen LogP contribution in [0.2, 0.25) is 0 Å². The second-order valence-corrected chi connectivity index (χ2v) is 16.8. The van der Waals surface area contributed by atoms with Crippen LogP contribution in [0.5, 0.6) is 0 Å². The van der Waals surface area contributed by atoms with E-state index in [-0.39, 0.29) is 0 Å². The molecule has 0 aliphatic rings. The Morgan fingerprint density at radius 2 is 0.591 bits per heavy atom. The molecule has 218 valence electrons. The average Bonchev–Trinajstić information content (AvgIpc) is 3.04. The summed E-state index contributed by atoms with van der Waals surface area (Å²) in [5.74, 6) is 0. The summed E-state index contributed by atoms with van der Waals surface area (Å²) in [7, 11) is -3.00. The summed E-state index contributed by atoms with van der Waals surface area (Å²) in [5.41, 5.74) is 15.0. The van der Waals surface area contributed by atoms with Gasteiger partial charge in [0, 0.05) is 0 Å². The molecule has 0 spiro atoms. The standard InChI is InChI=1S/C42H39ClSi/c1-28-25-40(31(4)22-37(28)34-16-10-7-11-17-34)44(43,41-26-29(2)38(23-32(41)5)35-18-12-8-13-19-35)42-27-30(3)39(24-33(42)6)36-20-14-9-15-21-36/h7-27H,1-6H3. The quantitative estimate of drug-likeness (QED) is 0.101. The Kier molecular flexibility index (Phi) is 8.20. The maximum Gasteiger partial charge on any atom is 0.248 e. The lowest BCUT2D eigenvalue weighted by Gasteiger charge is -2.33. The van der Waals surface area contributed by atoms with Crippen molar-refractivity contribution in [2.75, 3.05) is 0 Å². The van der Waals surface area contributed by atoms with E-state index in [4.69, 9.17) is 11.1 Å². The highest BCUT2D eigenvalue weighted by Gasteiger charge is 2.42.